The van der Waals surface area contributed by atoms with E-state index in [1.165, 1.54) is 30.1 Å². The van der Waals surface area contributed by atoms with E-state index in [2.05, 4.69) is 20.1 Å². The Balaban J connectivity index is 2.12. The highest BCUT2D eigenvalue weighted by atomic mass is 19.1. The fourth-order valence-electron chi connectivity index (χ4n) is 3.20. The van der Waals surface area contributed by atoms with E-state index in [4.69, 9.17) is 10.5 Å². The zero-order chi connectivity index (χ0) is 19.1. The van der Waals surface area contributed by atoms with Crippen molar-refractivity contribution in [1.29, 1.82) is 0 Å². The zero-order valence-electron chi connectivity index (χ0n) is 15.1. The molecule has 0 aliphatic rings. The van der Waals surface area contributed by atoms with Crippen LogP contribution in [0, 0.1) is 19.7 Å². The molecule has 2 N–H and O–H groups in total. The van der Waals surface area contributed by atoms with Crippen LogP contribution in [-0.4, -0.2) is 31.7 Å². The Labute approximate surface area is 154 Å². The SMILES string of the molecule is COc1cc(F)ccc1-c1nc(N)n2ncnc2c1-c1cc(C)nc(C)c1. The molecule has 3 aromatic heterocycles. The highest BCUT2D eigenvalue weighted by molar-refractivity contribution is 5.92. The molecule has 27 heavy (non-hydrogen) atoms. The number of fused-ring (bicyclic) bond motifs is 1. The lowest BCUT2D eigenvalue weighted by Gasteiger charge is -2.15. The van der Waals surface area contributed by atoms with E-state index >= 15 is 0 Å². The van der Waals surface area contributed by atoms with Crippen LogP contribution in [0.1, 0.15) is 11.4 Å². The third-order valence-corrected chi connectivity index (χ3v) is 4.24. The van der Waals surface area contributed by atoms with Crippen LogP contribution >= 0.6 is 0 Å². The van der Waals surface area contributed by atoms with Gasteiger partial charge in [0.2, 0.25) is 5.95 Å². The maximum absolute atomic E-state index is 13.7. The van der Waals surface area contributed by atoms with Gasteiger partial charge in [0.25, 0.3) is 0 Å². The van der Waals surface area contributed by atoms with Gasteiger partial charge in [-0.15, -0.1) is 0 Å². The minimum atomic E-state index is -0.399. The summed E-state index contributed by atoms with van der Waals surface area (Å²) in [5.41, 5.74) is 11.1. The number of ether oxygens (including phenoxy) is 1. The molecule has 4 aromatic rings. The molecule has 0 bridgehead atoms. The Kier molecular flexibility index (Phi) is 3.95. The molecule has 0 saturated heterocycles. The van der Waals surface area contributed by atoms with Crippen LogP contribution in [0.25, 0.3) is 28.0 Å². The smallest absolute Gasteiger partial charge is 0.223 e. The molecule has 0 aliphatic carbocycles. The molecule has 136 valence electrons. The van der Waals surface area contributed by atoms with Crippen molar-refractivity contribution in [2.75, 3.05) is 12.8 Å². The van der Waals surface area contributed by atoms with Crippen LogP contribution in [0.5, 0.6) is 5.75 Å². The summed E-state index contributed by atoms with van der Waals surface area (Å²) >= 11 is 0. The van der Waals surface area contributed by atoms with Crippen LogP contribution in [-0.2, 0) is 0 Å². The van der Waals surface area contributed by atoms with Gasteiger partial charge in [-0.2, -0.15) is 9.61 Å². The van der Waals surface area contributed by atoms with Crippen LogP contribution in [0.3, 0.4) is 0 Å². The molecule has 0 atom stereocenters. The topological polar surface area (TPSA) is 91.2 Å². The summed E-state index contributed by atoms with van der Waals surface area (Å²) in [7, 11) is 1.48. The van der Waals surface area contributed by atoms with Gasteiger partial charge in [0, 0.05) is 23.0 Å². The van der Waals surface area contributed by atoms with E-state index in [0.717, 1.165) is 22.5 Å². The van der Waals surface area contributed by atoms with Gasteiger partial charge in [0.15, 0.2) is 5.65 Å². The maximum atomic E-state index is 13.7. The molecule has 7 nitrogen and oxygen atoms in total. The van der Waals surface area contributed by atoms with E-state index in [0.29, 0.717) is 22.7 Å². The number of anilines is 1. The zero-order valence-corrected chi connectivity index (χ0v) is 15.1. The minimum absolute atomic E-state index is 0.176. The second-order valence-electron chi connectivity index (χ2n) is 6.17. The van der Waals surface area contributed by atoms with Crippen molar-refractivity contribution in [3.05, 3.63) is 53.9 Å². The second kappa shape index (κ2) is 6.31. The van der Waals surface area contributed by atoms with Crippen molar-refractivity contribution in [1.82, 2.24) is 24.6 Å². The number of nitrogens with zero attached hydrogens (tertiary/aromatic N) is 5. The van der Waals surface area contributed by atoms with E-state index < -0.39 is 5.82 Å². The first-order chi connectivity index (χ1) is 13.0. The van der Waals surface area contributed by atoms with Gasteiger partial charge in [-0.25, -0.2) is 14.4 Å². The van der Waals surface area contributed by atoms with Gasteiger partial charge in [-0.05, 0) is 43.7 Å². The lowest BCUT2D eigenvalue weighted by molar-refractivity contribution is 0.413. The predicted molar refractivity (Wildman–Crippen MR) is 99.8 cm³/mol. The number of aromatic nitrogens is 5. The Morgan fingerprint density at radius 2 is 1.81 bits per heavy atom. The molecule has 1 aromatic carbocycles. The highest BCUT2D eigenvalue weighted by Gasteiger charge is 2.21. The fraction of sp³-hybridized carbons (Fsp3) is 0.158. The molecule has 0 unspecified atom stereocenters. The van der Waals surface area contributed by atoms with Gasteiger partial charge in [-0.1, -0.05) is 0 Å². The lowest BCUT2D eigenvalue weighted by atomic mass is 9.99. The number of benzene rings is 1. The van der Waals surface area contributed by atoms with E-state index in [1.54, 1.807) is 6.07 Å². The van der Waals surface area contributed by atoms with E-state index in [1.807, 2.05) is 26.0 Å². The van der Waals surface area contributed by atoms with Crippen LogP contribution in [0.4, 0.5) is 10.3 Å². The standard InChI is InChI=1S/C19H17FN6O/c1-10-6-12(7-11(2)24-10)16-17(14-5-4-13(20)8-15(14)27-3)25-19(21)26-18(16)22-9-23-26/h4-9H,1-3H3,(H2,21,25). The summed E-state index contributed by atoms with van der Waals surface area (Å²) in [5.74, 6) is 0.133. The minimum Gasteiger partial charge on any atom is -0.496 e. The molecule has 8 heteroatoms. The molecule has 4 rings (SSSR count). The van der Waals surface area contributed by atoms with Crippen molar-refractivity contribution in [3.8, 4) is 28.1 Å². The van der Waals surface area contributed by atoms with Crippen molar-refractivity contribution >= 4 is 11.6 Å². The fourth-order valence-corrected chi connectivity index (χ4v) is 3.20. The molecule has 0 radical (unpaired) electrons. The van der Waals surface area contributed by atoms with E-state index in [-0.39, 0.29) is 5.95 Å². The van der Waals surface area contributed by atoms with Crippen molar-refractivity contribution in [2.24, 2.45) is 0 Å². The van der Waals surface area contributed by atoms with Gasteiger partial charge < -0.3 is 10.5 Å². The number of nitrogens with two attached hydrogens (primary N) is 1. The number of hydrogen-bond acceptors (Lipinski definition) is 6. The van der Waals surface area contributed by atoms with Crippen molar-refractivity contribution in [2.45, 2.75) is 13.8 Å². The largest absolute Gasteiger partial charge is 0.496 e. The Hall–Kier alpha value is -3.55. The monoisotopic (exact) mass is 364 g/mol. The summed E-state index contributed by atoms with van der Waals surface area (Å²) in [6.07, 6.45) is 1.42. The summed E-state index contributed by atoms with van der Waals surface area (Å²) in [6.45, 7) is 3.83. The molecular formula is C19H17FN6O. The average molecular weight is 364 g/mol. The first-order valence-electron chi connectivity index (χ1n) is 8.26. The Morgan fingerprint density at radius 3 is 2.52 bits per heavy atom. The quantitative estimate of drug-likeness (QED) is 0.600. The molecule has 0 saturated carbocycles. The number of aryl methyl sites for hydroxylation is 2. The number of halogens is 1. The third kappa shape index (κ3) is 2.84. The summed E-state index contributed by atoms with van der Waals surface area (Å²) in [6, 6.07) is 8.17. The lowest BCUT2D eigenvalue weighted by Crippen LogP contribution is -2.06. The Morgan fingerprint density at radius 1 is 1.07 bits per heavy atom. The second-order valence-corrected chi connectivity index (χ2v) is 6.17. The molecule has 3 heterocycles. The predicted octanol–water partition coefficient (Wildman–Crippen LogP) is 3.20. The summed E-state index contributed by atoms with van der Waals surface area (Å²) < 4.78 is 20.6. The number of rotatable bonds is 3. The van der Waals surface area contributed by atoms with Crippen molar-refractivity contribution in [3.63, 3.8) is 0 Å². The molecule has 0 amide bonds. The van der Waals surface area contributed by atoms with Gasteiger partial charge >= 0.3 is 0 Å². The summed E-state index contributed by atoms with van der Waals surface area (Å²) in [4.78, 5) is 13.3. The maximum Gasteiger partial charge on any atom is 0.223 e. The number of nitrogen functional groups attached to an aromatic ring is 1. The first kappa shape index (κ1) is 16.9. The molecule has 0 spiro atoms. The molecule has 0 aliphatic heterocycles. The normalized spacial score (nSPS) is 11.1. The van der Waals surface area contributed by atoms with Crippen LogP contribution in [0.15, 0.2) is 36.7 Å². The highest BCUT2D eigenvalue weighted by Crippen LogP contribution is 2.39. The number of hydrogen-bond donors (Lipinski definition) is 1. The van der Waals surface area contributed by atoms with Gasteiger partial charge in [0.1, 0.15) is 17.9 Å². The third-order valence-electron chi connectivity index (χ3n) is 4.24. The number of pyridine rings is 1. The van der Waals surface area contributed by atoms with Gasteiger partial charge in [-0.3, -0.25) is 4.98 Å². The van der Waals surface area contributed by atoms with E-state index in [9.17, 15) is 4.39 Å². The van der Waals surface area contributed by atoms with Gasteiger partial charge in [0.05, 0.1) is 18.4 Å². The Bertz CT molecular complexity index is 1150. The molecule has 0 fully saturated rings. The summed E-state index contributed by atoms with van der Waals surface area (Å²) in [5, 5.41) is 4.15. The average Bonchev–Trinajstić information content (AvgIpc) is 3.10. The van der Waals surface area contributed by atoms with Crippen molar-refractivity contribution < 1.29 is 9.13 Å². The van der Waals surface area contributed by atoms with Crippen LogP contribution in [0.2, 0.25) is 0 Å². The van der Waals surface area contributed by atoms with Crippen LogP contribution < -0.4 is 10.5 Å². The molecular weight excluding hydrogens is 347 g/mol. The first-order valence-corrected chi connectivity index (χ1v) is 8.26. The number of methoxy groups -OCH3 is 1.